The Balaban J connectivity index is 3.06. The van der Waals surface area contributed by atoms with Crippen LogP contribution in [0.1, 0.15) is 34.0 Å². The highest BCUT2D eigenvalue weighted by molar-refractivity contribution is 5.80. The van der Waals surface area contributed by atoms with Gasteiger partial charge in [0.15, 0.2) is 0 Å². The smallest absolute Gasteiger partial charge is 0.310 e. The Morgan fingerprint density at radius 2 is 2.24 bits per heavy atom. The molecular weight excluding hydrogens is 218 g/mol. The van der Waals surface area contributed by atoms with E-state index in [0.717, 1.165) is 0 Å². The van der Waals surface area contributed by atoms with Crippen LogP contribution in [0.25, 0.3) is 0 Å². The van der Waals surface area contributed by atoms with Crippen molar-refractivity contribution in [2.75, 3.05) is 6.61 Å². The summed E-state index contributed by atoms with van der Waals surface area (Å²) in [5.74, 6) is -0.364. The predicted molar refractivity (Wildman–Crippen MR) is 61.6 cm³/mol. The van der Waals surface area contributed by atoms with Gasteiger partial charge in [0, 0.05) is 5.56 Å². The Hall–Kier alpha value is -2.15. The number of hydrogen-bond acceptors (Lipinski definition) is 4. The monoisotopic (exact) mass is 231 g/mol. The van der Waals surface area contributed by atoms with E-state index in [2.05, 4.69) is 0 Å². The Morgan fingerprint density at radius 3 is 2.76 bits per heavy atom. The second kappa shape index (κ2) is 5.80. The quantitative estimate of drug-likeness (QED) is 0.585. The van der Waals surface area contributed by atoms with Crippen LogP contribution in [0.15, 0.2) is 12.1 Å². The van der Waals surface area contributed by atoms with Gasteiger partial charge in [0.05, 0.1) is 24.7 Å². The molecule has 0 fully saturated rings. The molecule has 0 aromatic heterocycles. The van der Waals surface area contributed by atoms with Crippen LogP contribution < -0.4 is 0 Å². The van der Waals surface area contributed by atoms with Crippen LogP contribution >= 0.6 is 0 Å². The third-order valence-electron chi connectivity index (χ3n) is 2.41. The number of nitriles is 1. The van der Waals surface area contributed by atoms with E-state index in [1.807, 2.05) is 6.07 Å². The van der Waals surface area contributed by atoms with Crippen molar-refractivity contribution in [1.82, 2.24) is 0 Å². The summed E-state index contributed by atoms with van der Waals surface area (Å²) in [5, 5.41) is 8.92. The van der Waals surface area contributed by atoms with E-state index in [0.29, 0.717) is 35.1 Å². The first kappa shape index (κ1) is 12.9. The third-order valence-corrected chi connectivity index (χ3v) is 2.41. The van der Waals surface area contributed by atoms with Crippen LogP contribution in [0.3, 0.4) is 0 Å². The Kier molecular flexibility index (Phi) is 4.41. The highest BCUT2D eigenvalue weighted by Gasteiger charge is 2.10. The minimum atomic E-state index is -0.364. The molecule has 17 heavy (non-hydrogen) atoms. The van der Waals surface area contributed by atoms with Crippen molar-refractivity contribution < 1.29 is 14.3 Å². The van der Waals surface area contributed by atoms with Gasteiger partial charge >= 0.3 is 5.97 Å². The summed E-state index contributed by atoms with van der Waals surface area (Å²) in [6.45, 7) is 3.75. The van der Waals surface area contributed by atoms with E-state index in [-0.39, 0.29) is 12.4 Å². The average Bonchev–Trinajstić information content (AvgIpc) is 2.31. The normalized spacial score (nSPS) is 9.47. The van der Waals surface area contributed by atoms with Gasteiger partial charge in [-0.1, -0.05) is 0 Å². The van der Waals surface area contributed by atoms with Crippen molar-refractivity contribution in [3.8, 4) is 6.07 Å². The molecule has 0 spiro atoms. The number of aldehydes is 1. The Labute approximate surface area is 99.8 Å². The van der Waals surface area contributed by atoms with Gasteiger partial charge in [-0.05, 0) is 37.1 Å². The molecule has 0 heterocycles. The topological polar surface area (TPSA) is 67.2 Å². The minimum Gasteiger partial charge on any atom is -0.466 e. The van der Waals surface area contributed by atoms with Crippen molar-refractivity contribution in [1.29, 1.82) is 5.26 Å². The van der Waals surface area contributed by atoms with Gasteiger partial charge in [0.1, 0.15) is 6.29 Å². The predicted octanol–water partition coefficient (Wildman–Crippen LogP) is 1.78. The second-order valence-electron chi connectivity index (χ2n) is 3.57. The van der Waals surface area contributed by atoms with Crippen molar-refractivity contribution in [3.05, 3.63) is 34.4 Å². The van der Waals surface area contributed by atoms with Crippen LogP contribution in [0.4, 0.5) is 0 Å². The van der Waals surface area contributed by atoms with Gasteiger partial charge in [-0.3, -0.25) is 9.59 Å². The molecule has 0 atom stereocenters. The lowest BCUT2D eigenvalue weighted by atomic mass is 9.98. The molecule has 1 aromatic carbocycles. The number of nitrogens with zero attached hydrogens (tertiary/aromatic N) is 1. The van der Waals surface area contributed by atoms with Crippen LogP contribution in [0.5, 0.6) is 0 Å². The summed E-state index contributed by atoms with van der Waals surface area (Å²) >= 11 is 0. The highest BCUT2D eigenvalue weighted by Crippen LogP contribution is 2.15. The number of carbonyl (C=O) groups is 2. The van der Waals surface area contributed by atoms with Crippen LogP contribution in [0, 0.1) is 18.3 Å². The van der Waals surface area contributed by atoms with Crippen LogP contribution in [0.2, 0.25) is 0 Å². The Bertz CT molecular complexity index is 486. The molecule has 0 saturated heterocycles. The van der Waals surface area contributed by atoms with Gasteiger partial charge in [-0.15, -0.1) is 0 Å². The zero-order valence-electron chi connectivity index (χ0n) is 9.82. The first-order valence-electron chi connectivity index (χ1n) is 5.26. The number of ether oxygens (including phenoxy) is 1. The fourth-order valence-electron chi connectivity index (χ4n) is 1.52. The molecule has 4 heteroatoms. The maximum absolute atomic E-state index is 11.3. The largest absolute Gasteiger partial charge is 0.466 e. The molecular formula is C13H13NO3. The van der Waals surface area contributed by atoms with Gasteiger partial charge in [-0.2, -0.15) is 5.26 Å². The molecule has 0 N–H and O–H groups in total. The summed E-state index contributed by atoms with van der Waals surface area (Å²) < 4.78 is 4.81. The summed E-state index contributed by atoms with van der Waals surface area (Å²) in [7, 11) is 0. The summed E-state index contributed by atoms with van der Waals surface area (Å²) in [5.41, 5.74) is 2.10. The number of hydrogen-bond donors (Lipinski definition) is 0. The minimum absolute atomic E-state index is 0.0731. The molecule has 0 aliphatic heterocycles. The van der Waals surface area contributed by atoms with Gasteiger partial charge in [-0.25, -0.2) is 0 Å². The third kappa shape index (κ3) is 3.15. The van der Waals surface area contributed by atoms with E-state index in [4.69, 9.17) is 10.00 Å². The molecule has 4 nitrogen and oxygen atoms in total. The van der Waals surface area contributed by atoms with Crippen LogP contribution in [-0.4, -0.2) is 18.9 Å². The number of rotatable bonds is 4. The van der Waals surface area contributed by atoms with Crippen molar-refractivity contribution in [2.24, 2.45) is 0 Å². The first-order chi connectivity index (χ1) is 8.12. The van der Waals surface area contributed by atoms with Gasteiger partial charge < -0.3 is 4.74 Å². The standard InChI is InChI=1S/C13H13NO3/c1-3-17-13(16)6-10-4-11(7-14)9(2)12(5-10)8-15/h4-5,8H,3,6H2,1-2H3. The van der Waals surface area contributed by atoms with E-state index in [9.17, 15) is 9.59 Å². The van der Waals surface area contributed by atoms with Gasteiger partial charge in [0.25, 0.3) is 0 Å². The molecule has 0 amide bonds. The first-order valence-corrected chi connectivity index (χ1v) is 5.26. The molecule has 0 radical (unpaired) electrons. The zero-order chi connectivity index (χ0) is 12.8. The SMILES string of the molecule is CCOC(=O)Cc1cc(C#N)c(C)c(C=O)c1. The van der Waals surface area contributed by atoms with Crippen molar-refractivity contribution >= 4 is 12.3 Å². The molecule has 0 aliphatic rings. The zero-order valence-corrected chi connectivity index (χ0v) is 9.82. The lowest BCUT2D eigenvalue weighted by Crippen LogP contribution is -2.08. The second-order valence-corrected chi connectivity index (χ2v) is 3.57. The fourth-order valence-corrected chi connectivity index (χ4v) is 1.52. The van der Waals surface area contributed by atoms with Crippen LogP contribution in [-0.2, 0) is 16.0 Å². The van der Waals surface area contributed by atoms with Crippen molar-refractivity contribution in [3.63, 3.8) is 0 Å². The number of esters is 1. The van der Waals surface area contributed by atoms with E-state index < -0.39 is 0 Å². The van der Waals surface area contributed by atoms with Crippen molar-refractivity contribution in [2.45, 2.75) is 20.3 Å². The average molecular weight is 231 g/mol. The molecule has 0 aliphatic carbocycles. The maximum Gasteiger partial charge on any atom is 0.310 e. The highest BCUT2D eigenvalue weighted by atomic mass is 16.5. The lowest BCUT2D eigenvalue weighted by molar-refractivity contribution is -0.142. The molecule has 0 saturated carbocycles. The van der Waals surface area contributed by atoms with Gasteiger partial charge in [0.2, 0.25) is 0 Å². The summed E-state index contributed by atoms with van der Waals surface area (Å²) in [4.78, 5) is 22.1. The maximum atomic E-state index is 11.3. The molecule has 1 rings (SSSR count). The number of benzene rings is 1. The van der Waals surface area contributed by atoms with E-state index in [1.54, 1.807) is 26.0 Å². The molecule has 0 bridgehead atoms. The Morgan fingerprint density at radius 1 is 1.53 bits per heavy atom. The van der Waals surface area contributed by atoms with E-state index >= 15 is 0 Å². The molecule has 88 valence electrons. The number of carbonyl (C=O) groups excluding carboxylic acids is 2. The van der Waals surface area contributed by atoms with E-state index in [1.165, 1.54) is 0 Å². The molecule has 1 aromatic rings. The lowest BCUT2D eigenvalue weighted by Gasteiger charge is -2.06. The fraction of sp³-hybridized carbons (Fsp3) is 0.308. The summed E-state index contributed by atoms with van der Waals surface area (Å²) in [6, 6.07) is 5.23. The molecule has 0 unspecified atom stereocenters. The summed E-state index contributed by atoms with van der Waals surface area (Å²) in [6.07, 6.45) is 0.758.